The number of nitrogens with two attached hydrogens (primary N) is 2. The van der Waals surface area contributed by atoms with Crippen LogP contribution in [0.25, 0.3) is 0 Å². The topological polar surface area (TPSA) is 98.2 Å². The van der Waals surface area contributed by atoms with Gasteiger partial charge in [-0.2, -0.15) is 0 Å². The Hall–Kier alpha value is -0.810. The highest BCUT2D eigenvalue weighted by molar-refractivity contribution is 5.85. The van der Waals surface area contributed by atoms with Gasteiger partial charge in [0.1, 0.15) is 0 Å². The Morgan fingerprint density at radius 3 is 2.00 bits per heavy atom. The third-order valence-corrected chi connectivity index (χ3v) is 3.69. The Labute approximate surface area is 121 Å². The van der Waals surface area contributed by atoms with E-state index < -0.39 is 6.04 Å². The molecule has 1 aliphatic rings. The van der Waals surface area contributed by atoms with Crippen molar-refractivity contribution < 1.29 is 9.59 Å². The lowest BCUT2D eigenvalue weighted by Gasteiger charge is -2.31. The monoisotopic (exact) mass is 291 g/mol. The fourth-order valence-corrected chi connectivity index (χ4v) is 2.21. The second kappa shape index (κ2) is 7.10. The lowest BCUT2D eigenvalue weighted by Crippen LogP contribution is -2.52. The van der Waals surface area contributed by atoms with Gasteiger partial charge in [-0.3, -0.25) is 9.59 Å². The van der Waals surface area contributed by atoms with Crippen LogP contribution in [0.4, 0.5) is 0 Å². The normalized spacial score (nSPS) is 25.1. The first kappa shape index (κ1) is 18.2. The van der Waals surface area contributed by atoms with E-state index in [-0.39, 0.29) is 41.6 Å². The smallest absolute Gasteiger partial charge is 0.237 e. The maximum atomic E-state index is 11.9. The van der Waals surface area contributed by atoms with Crippen LogP contribution < -0.4 is 16.8 Å². The molecule has 0 aromatic heterocycles. The first-order valence-electron chi connectivity index (χ1n) is 6.57. The molecule has 0 aliphatic heterocycles. The van der Waals surface area contributed by atoms with E-state index in [1.807, 2.05) is 20.8 Å². The van der Waals surface area contributed by atoms with Crippen LogP contribution in [-0.2, 0) is 9.59 Å². The number of halogens is 1. The van der Waals surface area contributed by atoms with Crippen molar-refractivity contribution in [2.24, 2.45) is 22.8 Å². The van der Waals surface area contributed by atoms with Crippen molar-refractivity contribution in [2.75, 3.05) is 0 Å². The third-order valence-electron chi connectivity index (χ3n) is 3.69. The highest BCUT2D eigenvalue weighted by Crippen LogP contribution is 2.24. The largest absolute Gasteiger partial charge is 0.369 e. The van der Waals surface area contributed by atoms with Crippen molar-refractivity contribution >= 4 is 24.2 Å². The van der Waals surface area contributed by atoms with E-state index in [0.717, 1.165) is 25.7 Å². The Kier molecular flexibility index (Phi) is 6.80. The summed E-state index contributed by atoms with van der Waals surface area (Å²) in [7, 11) is 0. The zero-order valence-corrected chi connectivity index (χ0v) is 12.8. The van der Waals surface area contributed by atoms with Gasteiger partial charge in [0.05, 0.1) is 6.04 Å². The quantitative estimate of drug-likeness (QED) is 0.722. The number of hydrogen-bond donors (Lipinski definition) is 3. The highest BCUT2D eigenvalue weighted by Gasteiger charge is 2.31. The van der Waals surface area contributed by atoms with Gasteiger partial charge in [0.25, 0.3) is 0 Å². The highest BCUT2D eigenvalue weighted by atomic mass is 35.5. The van der Waals surface area contributed by atoms with Crippen LogP contribution >= 0.6 is 12.4 Å². The van der Waals surface area contributed by atoms with Crippen LogP contribution in [0.3, 0.4) is 0 Å². The number of carbonyl (C=O) groups is 2. The Bertz CT molecular complexity index is 320. The predicted octanol–water partition coefficient (Wildman–Crippen LogP) is 0.942. The molecule has 1 aliphatic carbocycles. The molecule has 0 saturated heterocycles. The van der Waals surface area contributed by atoms with Gasteiger partial charge in [-0.1, -0.05) is 20.8 Å². The number of hydrogen-bond acceptors (Lipinski definition) is 3. The molecule has 0 spiro atoms. The molecule has 0 unspecified atom stereocenters. The van der Waals surface area contributed by atoms with Crippen LogP contribution in [0.2, 0.25) is 0 Å². The number of primary amides is 1. The molecule has 112 valence electrons. The van der Waals surface area contributed by atoms with Gasteiger partial charge in [0.2, 0.25) is 11.8 Å². The van der Waals surface area contributed by atoms with E-state index in [2.05, 4.69) is 5.32 Å². The van der Waals surface area contributed by atoms with Crippen molar-refractivity contribution in [1.82, 2.24) is 5.32 Å². The first-order valence-corrected chi connectivity index (χ1v) is 6.57. The summed E-state index contributed by atoms with van der Waals surface area (Å²) in [5, 5.41) is 2.97. The summed E-state index contributed by atoms with van der Waals surface area (Å²) in [6, 6.07) is -0.382. The van der Waals surface area contributed by atoms with Crippen molar-refractivity contribution in [3.63, 3.8) is 0 Å². The van der Waals surface area contributed by atoms with E-state index >= 15 is 0 Å². The molecule has 1 rings (SSSR count). The van der Waals surface area contributed by atoms with E-state index in [1.54, 1.807) is 0 Å². The summed E-state index contributed by atoms with van der Waals surface area (Å²) >= 11 is 0. The molecule has 0 heterocycles. The molecule has 1 saturated carbocycles. The summed E-state index contributed by atoms with van der Waals surface area (Å²) in [4.78, 5) is 23.0. The Morgan fingerprint density at radius 2 is 1.63 bits per heavy atom. The number of carbonyl (C=O) groups excluding carboxylic acids is 2. The molecule has 5 N–H and O–H groups in total. The molecular weight excluding hydrogens is 266 g/mol. The van der Waals surface area contributed by atoms with Crippen LogP contribution in [0, 0.1) is 11.3 Å². The van der Waals surface area contributed by atoms with E-state index in [9.17, 15) is 9.59 Å². The molecule has 19 heavy (non-hydrogen) atoms. The van der Waals surface area contributed by atoms with Gasteiger partial charge < -0.3 is 16.8 Å². The summed E-state index contributed by atoms with van der Waals surface area (Å²) in [5.74, 6) is -0.370. The average Bonchev–Trinajstić information content (AvgIpc) is 2.27. The molecule has 0 radical (unpaired) electrons. The first-order chi connectivity index (χ1) is 8.21. The zero-order valence-electron chi connectivity index (χ0n) is 11.9. The zero-order chi connectivity index (χ0) is 13.9. The number of rotatable bonds is 3. The summed E-state index contributed by atoms with van der Waals surface area (Å²) in [6.07, 6.45) is 3.11. The molecule has 6 heteroatoms. The lowest BCUT2D eigenvalue weighted by molar-refractivity contribution is -0.125. The average molecular weight is 292 g/mol. The molecule has 1 atom stereocenters. The van der Waals surface area contributed by atoms with Crippen molar-refractivity contribution in [1.29, 1.82) is 0 Å². The van der Waals surface area contributed by atoms with E-state index in [1.165, 1.54) is 0 Å². The maximum absolute atomic E-state index is 11.9. The fraction of sp³-hybridized carbons (Fsp3) is 0.846. The predicted molar refractivity (Wildman–Crippen MR) is 77.8 cm³/mol. The minimum Gasteiger partial charge on any atom is -0.369 e. The van der Waals surface area contributed by atoms with Crippen LogP contribution in [0.5, 0.6) is 0 Å². The standard InChI is InChI=1S/C13H25N3O2.ClH/c1-13(2,3)10(14)12(18)16-9-6-4-8(5-7-9)11(15)17;/h8-10H,4-7,14H2,1-3H3,(H2,15,17)(H,16,18);1H/t8?,9?,10-;/m1./s1. The number of nitrogens with one attached hydrogen (secondary N) is 1. The lowest BCUT2D eigenvalue weighted by atomic mass is 9.84. The molecule has 2 amide bonds. The van der Waals surface area contributed by atoms with Crippen molar-refractivity contribution in [3.05, 3.63) is 0 Å². The molecule has 1 fully saturated rings. The second-order valence-corrected chi connectivity index (χ2v) is 6.30. The molecule has 0 aromatic rings. The minimum absolute atomic E-state index is 0. The fourth-order valence-electron chi connectivity index (χ4n) is 2.21. The number of amides is 2. The van der Waals surface area contributed by atoms with Crippen LogP contribution in [0.15, 0.2) is 0 Å². The minimum atomic E-state index is -0.508. The summed E-state index contributed by atoms with van der Waals surface area (Å²) in [5.41, 5.74) is 10.9. The second-order valence-electron chi connectivity index (χ2n) is 6.30. The van der Waals surface area contributed by atoms with Gasteiger partial charge in [-0.15, -0.1) is 12.4 Å². The van der Waals surface area contributed by atoms with Crippen molar-refractivity contribution in [3.8, 4) is 0 Å². The molecule has 0 aromatic carbocycles. The molecule has 0 bridgehead atoms. The van der Waals surface area contributed by atoms with Crippen molar-refractivity contribution in [2.45, 2.75) is 58.5 Å². The third kappa shape index (κ3) is 5.37. The summed E-state index contributed by atoms with van der Waals surface area (Å²) < 4.78 is 0. The van der Waals surface area contributed by atoms with Gasteiger partial charge >= 0.3 is 0 Å². The van der Waals surface area contributed by atoms with Crippen LogP contribution in [-0.4, -0.2) is 23.9 Å². The van der Waals surface area contributed by atoms with Gasteiger partial charge in [0, 0.05) is 12.0 Å². The Balaban J connectivity index is 0.00000324. The van der Waals surface area contributed by atoms with E-state index in [0.29, 0.717) is 0 Å². The van der Waals surface area contributed by atoms with Crippen LogP contribution in [0.1, 0.15) is 46.5 Å². The maximum Gasteiger partial charge on any atom is 0.237 e. The molecular formula is C13H26ClN3O2. The van der Waals surface area contributed by atoms with E-state index in [4.69, 9.17) is 11.5 Å². The van der Waals surface area contributed by atoms with Gasteiger partial charge in [-0.05, 0) is 31.1 Å². The Morgan fingerprint density at radius 1 is 1.16 bits per heavy atom. The molecule has 5 nitrogen and oxygen atoms in total. The SMILES string of the molecule is CC(C)(C)[C@H](N)C(=O)NC1CCC(C(N)=O)CC1.Cl. The van der Waals surface area contributed by atoms with Gasteiger partial charge in [0.15, 0.2) is 0 Å². The summed E-state index contributed by atoms with van der Waals surface area (Å²) in [6.45, 7) is 5.84. The van der Waals surface area contributed by atoms with Gasteiger partial charge in [-0.25, -0.2) is 0 Å².